The SMILES string of the molecule is COc1cc2ncc(C)c(Nc3ccc(F)c(Cl)c3)c2cc1N1CCCC1. The summed E-state index contributed by atoms with van der Waals surface area (Å²) in [6.45, 7) is 4.05. The van der Waals surface area contributed by atoms with Crippen LogP contribution in [0.25, 0.3) is 10.9 Å². The fourth-order valence-electron chi connectivity index (χ4n) is 3.56. The maximum Gasteiger partial charge on any atom is 0.144 e. The Labute approximate surface area is 162 Å². The van der Waals surface area contributed by atoms with E-state index in [1.54, 1.807) is 19.2 Å². The van der Waals surface area contributed by atoms with Crippen LogP contribution in [-0.2, 0) is 0 Å². The summed E-state index contributed by atoms with van der Waals surface area (Å²) in [5.74, 6) is 0.399. The van der Waals surface area contributed by atoms with Gasteiger partial charge in [-0.2, -0.15) is 0 Å². The number of rotatable bonds is 4. The van der Waals surface area contributed by atoms with Crippen LogP contribution in [0.3, 0.4) is 0 Å². The third kappa shape index (κ3) is 3.39. The molecule has 1 saturated heterocycles. The number of hydrogen-bond donors (Lipinski definition) is 1. The van der Waals surface area contributed by atoms with Crippen molar-refractivity contribution in [3.8, 4) is 5.75 Å². The van der Waals surface area contributed by atoms with Gasteiger partial charge in [0.15, 0.2) is 0 Å². The lowest BCUT2D eigenvalue weighted by Crippen LogP contribution is -2.18. The largest absolute Gasteiger partial charge is 0.495 e. The first-order valence-corrected chi connectivity index (χ1v) is 9.39. The molecule has 27 heavy (non-hydrogen) atoms. The Morgan fingerprint density at radius 3 is 2.67 bits per heavy atom. The fraction of sp³-hybridized carbons (Fsp3) is 0.286. The highest BCUT2D eigenvalue weighted by Crippen LogP contribution is 2.38. The highest BCUT2D eigenvalue weighted by molar-refractivity contribution is 6.31. The standard InChI is InChI=1S/C21H21ClFN3O/c1-13-12-24-18-11-20(27-2)19(26-7-3-4-8-26)10-15(18)21(13)25-14-5-6-17(23)16(22)9-14/h5-6,9-12H,3-4,7-8H2,1-2H3,(H,24,25). The van der Waals surface area contributed by atoms with E-state index < -0.39 is 5.82 Å². The van der Waals surface area contributed by atoms with Gasteiger partial charge in [-0.3, -0.25) is 4.98 Å². The zero-order valence-electron chi connectivity index (χ0n) is 15.4. The molecule has 0 aliphatic carbocycles. The van der Waals surface area contributed by atoms with Gasteiger partial charge in [-0.15, -0.1) is 0 Å². The van der Waals surface area contributed by atoms with Gasteiger partial charge in [-0.05, 0) is 49.6 Å². The lowest BCUT2D eigenvalue weighted by atomic mass is 10.1. The van der Waals surface area contributed by atoms with E-state index in [1.165, 1.54) is 18.9 Å². The van der Waals surface area contributed by atoms with Gasteiger partial charge in [0.05, 0.1) is 29.0 Å². The second-order valence-electron chi connectivity index (χ2n) is 6.81. The molecule has 2 heterocycles. The molecular weight excluding hydrogens is 365 g/mol. The minimum absolute atomic E-state index is 0.0930. The van der Waals surface area contributed by atoms with E-state index >= 15 is 0 Å². The van der Waals surface area contributed by atoms with Crippen LogP contribution in [0, 0.1) is 12.7 Å². The highest BCUT2D eigenvalue weighted by atomic mass is 35.5. The molecule has 3 aromatic rings. The lowest BCUT2D eigenvalue weighted by molar-refractivity contribution is 0.415. The van der Waals surface area contributed by atoms with Crippen LogP contribution in [0.5, 0.6) is 5.75 Å². The summed E-state index contributed by atoms with van der Waals surface area (Å²) in [4.78, 5) is 6.91. The molecule has 4 rings (SSSR count). The van der Waals surface area contributed by atoms with E-state index in [1.807, 2.05) is 19.2 Å². The summed E-state index contributed by atoms with van der Waals surface area (Å²) >= 11 is 5.94. The number of hydrogen-bond acceptors (Lipinski definition) is 4. The smallest absolute Gasteiger partial charge is 0.144 e. The van der Waals surface area contributed by atoms with Gasteiger partial charge in [-0.1, -0.05) is 11.6 Å². The molecule has 4 nitrogen and oxygen atoms in total. The van der Waals surface area contributed by atoms with Crippen LogP contribution < -0.4 is 15.0 Å². The highest BCUT2D eigenvalue weighted by Gasteiger charge is 2.19. The Hall–Kier alpha value is -2.53. The van der Waals surface area contributed by atoms with Gasteiger partial charge < -0.3 is 15.0 Å². The van der Waals surface area contributed by atoms with Crippen LogP contribution in [0.1, 0.15) is 18.4 Å². The van der Waals surface area contributed by atoms with Gasteiger partial charge in [0.2, 0.25) is 0 Å². The third-order valence-electron chi connectivity index (χ3n) is 4.99. The Bertz CT molecular complexity index is 1000. The third-order valence-corrected chi connectivity index (χ3v) is 5.28. The molecule has 1 aromatic heterocycles. The van der Waals surface area contributed by atoms with E-state index in [4.69, 9.17) is 16.3 Å². The molecule has 0 amide bonds. The van der Waals surface area contributed by atoms with Crippen molar-refractivity contribution >= 4 is 39.6 Å². The molecule has 0 bridgehead atoms. The topological polar surface area (TPSA) is 37.4 Å². The second kappa shape index (κ2) is 7.24. The van der Waals surface area contributed by atoms with Crippen LogP contribution >= 0.6 is 11.6 Å². The first-order valence-electron chi connectivity index (χ1n) is 9.01. The van der Waals surface area contributed by atoms with E-state index in [0.717, 1.165) is 52.4 Å². The normalized spacial score (nSPS) is 14.0. The van der Waals surface area contributed by atoms with Crippen molar-refractivity contribution in [3.05, 3.63) is 52.9 Å². The van der Waals surface area contributed by atoms with E-state index in [0.29, 0.717) is 0 Å². The molecule has 0 spiro atoms. The average Bonchev–Trinajstić information content (AvgIpc) is 3.20. The number of anilines is 3. The number of halogens is 2. The first-order chi connectivity index (χ1) is 13.1. The van der Waals surface area contributed by atoms with Crippen LogP contribution in [0.2, 0.25) is 5.02 Å². The van der Waals surface area contributed by atoms with Crippen LogP contribution in [0.4, 0.5) is 21.5 Å². The van der Waals surface area contributed by atoms with Crippen molar-refractivity contribution in [2.75, 3.05) is 30.4 Å². The Morgan fingerprint density at radius 1 is 1.19 bits per heavy atom. The predicted molar refractivity (Wildman–Crippen MR) is 109 cm³/mol. The lowest BCUT2D eigenvalue weighted by Gasteiger charge is -2.22. The minimum Gasteiger partial charge on any atom is -0.495 e. The van der Waals surface area contributed by atoms with Crippen molar-refractivity contribution in [2.45, 2.75) is 19.8 Å². The maximum atomic E-state index is 13.5. The van der Waals surface area contributed by atoms with Gasteiger partial charge in [0, 0.05) is 36.4 Å². The minimum atomic E-state index is -0.431. The molecule has 1 aliphatic heterocycles. The van der Waals surface area contributed by atoms with Crippen molar-refractivity contribution in [3.63, 3.8) is 0 Å². The molecule has 1 fully saturated rings. The Morgan fingerprint density at radius 2 is 1.96 bits per heavy atom. The molecule has 0 saturated carbocycles. The van der Waals surface area contributed by atoms with Gasteiger partial charge in [0.25, 0.3) is 0 Å². The number of nitrogens with one attached hydrogen (secondary N) is 1. The van der Waals surface area contributed by atoms with Gasteiger partial charge in [0.1, 0.15) is 11.6 Å². The van der Waals surface area contributed by atoms with Crippen LogP contribution in [0.15, 0.2) is 36.5 Å². The zero-order chi connectivity index (χ0) is 19.0. The predicted octanol–water partition coefficient (Wildman–Crippen LogP) is 5.69. The number of aryl methyl sites for hydroxylation is 1. The summed E-state index contributed by atoms with van der Waals surface area (Å²) < 4.78 is 19.1. The summed E-state index contributed by atoms with van der Waals surface area (Å²) in [5, 5.41) is 4.48. The number of pyridine rings is 1. The molecule has 2 aromatic carbocycles. The van der Waals surface area contributed by atoms with Gasteiger partial charge in [-0.25, -0.2) is 4.39 Å². The number of ether oxygens (including phenoxy) is 1. The molecule has 6 heteroatoms. The number of nitrogens with zero attached hydrogens (tertiary/aromatic N) is 2. The molecule has 0 atom stereocenters. The van der Waals surface area contributed by atoms with Crippen molar-refractivity contribution in [2.24, 2.45) is 0 Å². The quantitative estimate of drug-likeness (QED) is 0.626. The Balaban J connectivity index is 1.84. The van der Waals surface area contributed by atoms with E-state index in [9.17, 15) is 4.39 Å². The number of fused-ring (bicyclic) bond motifs is 1. The monoisotopic (exact) mass is 385 g/mol. The average molecular weight is 386 g/mol. The number of aromatic nitrogens is 1. The van der Waals surface area contributed by atoms with Gasteiger partial charge >= 0.3 is 0 Å². The van der Waals surface area contributed by atoms with Crippen molar-refractivity contribution in [1.82, 2.24) is 4.98 Å². The van der Waals surface area contributed by atoms with E-state index in [-0.39, 0.29) is 5.02 Å². The fourth-order valence-corrected chi connectivity index (χ4v) is 3.74. The summed E-state index contributed by atoms with van der Waals surface area (Å²) in [5.41, 5.74) is 4.59. The molecule has 1 aliphatic rings. The molecule has 140 valence electrons. The zero-order valence-corrected chi connectivity index (χ0v) is 16.1. The molecule has 1 N–H and O–H groups in total. The Kier molecular flexibility index (Phi) is 4.79. The number of benzene rings is 2. The maximum absolute atomic E-state index is 13.5. The summed E-state index contributed by atoms with van der Waals surface area (Å²) in [6, 6.07) is 8.74. The molecule has 0 radical (unpaired) electrons. The van der Waals surface area contributed by atoms with Crippen LogP contribution in [-0.4, -0.2) is 25.2 Å². The summed E-state index contributed by atoms with van der Waals surface area (Å²) in [6.07, 6.45) is 4.20. The molecular formula is C21H21ClFN3O. The van der Waals surface area contributed by atoms with Crippen molar-refractivity contribution in [1.29, 1.82) is 0 Å². The van der Waals surface area contributed by atoms with E-state index in [2.05, 4.69) is 21.3 Å². The van der Waals surface area contributed by atoms with Crippen molar-refractivity contribution < 1.29 is 9.13 Å². The molecule has 0 unspecified atom stereocenters. The first kappa shape index (κ1) is 17.9. The summed E-state index contributed by atoms with van der Waals surface area (Å²) in [7, 11) is 1.69. The second-order valence-corrected chi connectivity index (χ2v) is 7.21. The number of methoxy groups -OCH3 is 1.